The van der Waals surface area contributed by atoms with Gasteiger partial charge in [-0.15, -0.1) is 11.3 Å². The number of hydrogen-bond acceptors (Lipinski definition) is 5. The summed E-state index contributed by atoms with van der Waals surface area (Å²) in [5.74, 6) is -1.84. The molecule has 1 aromatic heterocycles. The van der Waals surface area contributed by atoms with Gasteiger partial charge >= 0.3 is 0 Å². The molecule has 3 rings (SSSR count). The summed E-state index contributed by atoms with van der Waals surface area (Å²) in [5.41, 5.74) is -0.217. The van der Waals surface area contributed by atoms with Crippen molar-refractivity contribution < 1.29 is 22.0 Å². The van der Waals surface area contributed by atoms with Crippen LogP contribution in [0.2, 0.25) is 0 Å². The zero-order valence-corrected chi connectivity index (χ0v) is 16.2. The van der Waals surface area contributed by atoms with Crippen LogP contribution in [-0.2, 0) is 14.8 Å². The quantitative estimate of drug-likeness (QED) is 0.814. The number of carbonyl (C=O) groups is 1. The molecule has 1 atom stereocenters. The molecule has 6 nitrogen and oxygen atoms in total. The minimum atomic E-state index is -3.51. The van der Waals surface area contributed by atoms with Crippen molar-refractivity contribution in [2.75, 3.05) is 31.5 Å². The summed E-state index contributed by atoms with van der Waals surface area (Å²) < 4.78 is 53.7. The molecule has 2 heterocycles. The van der Waals surface area contributed by atoms with Crippen molar-refractivity contribution in [1.82, 2.24) is 9.21 Å². The van der Waals surface area contributed by atoms with Gasteiger partial charge in [0.25, 0.3) is 10.0 Å². The van der Waals surface area contributed by atoms with Crippen molar-refractivity contribution in [3.8, 4) is 0 Å². The third-order valence-corrected chi connectivity index (χ3v) is 7.75. The molecule has 0 radical (unpaired) electrons. The number of anilines is 1. The van der Waals surface area contributed by atoms with E-state index in [0.29, 0.717) is 17.3 Å². The Kier molecular flexibility index (Phi) is 5.89. The smallest absolute Gasteiger partial charge is 0.252 e. The average Bonchev–Trinajstić information content (AvgIpc) is 3.20. The molecule has 1 aromatic carbocycles. The third kappa shape index (κ3) is 4.34. The van der Waals surface area contributed by atoms with Gasteiger partial charge in [-0.2, -0.15) is 4.31 Å². The van der Waals surface area contributed by atoms with Crippen molar-refractivity contribution in [2.45, 2.75) is 17.2 Å². The van der Waals surface area contributed by atoms with E-state index in [0.717, 1.165) is 18.2 Å². The van der Waals surface area contributed by atoms with E-state index < -0.39 is 33.6 Å². The Labute approximate surface area is 160 Å². The minimum absolute atomic E-state index is 0.217. The summed E-state index contributed by atoms with van der Waals surface area (Å²) in [6.07, 6.45) is 0. The first kappa shape index (κ1) is 19.9. The van der Waals surface area contributed by atoms with E-state index in [1.807, 2.05) is 4.90 Å². The van der Waals surface area contributed by atoms with E-state index in [-0.39, 0.29) is 18.8 Å². The van der Waals surface area contributed by atoms with Crippen LogP contribution in [-0.4, -0.2) is 55.8 Å². The number of nitrogens with zero attached hydrogens (tertiary/aromatic N) is 2. The van der Waals surface area contributed by atoms with Gasteiger partial charge in [0.2, 0.25) is 5.91 Å². The fourth-order valence-electron chi connectivity index (χ4n) is 2.87. The van der Waals surface area contributed by atoms with Crippen LogP contribution in [0, 0.1) is 11.6 Å². The molecule has 0 unspecified atom stereocenters. The molecular weight excluding hydrogens is 396 g/mol. The Morgan fingerprint density at radius 2 is 1.89 bits per heavy atom. The zero-order valence-electron chi connectivity index (χ0n) is 14.6. The number of sulfonamides is 1. The van der Waals surface area contributed by atoms with Crippen LogP contribution in [0.4, 0.5) is 14.5 Å². The third-order valence-electron chi connectivity index (χ3n) is 4.48. The molecule has 1 N–H and O–H groups in total. The second-order valence-electron chi connectivity index (χ2n) is 6.16. The van der Waals surface area contributed by atoms with Crippen LogP contribution < -0.4 is 5.32 Å². The molecule has 1 aliphatic rings. The van der Waals surface area contributed by atoms with E-state index in [1.54, 1.807) is 24.4 Å². The summed E-state index contributed by atoms with van der Waals surface area (Å²) in [6.45, 7) is 2.89. The molecular formula is C17H19F2N3O3S2. The zero-order chi connectivity index (χ0) is 19.6. The fourth-order valence-corrected chi connectivity index (χ4v) is 5.43. The highest BCUT2D eigenvalue weighted by Gasteiger charge is 2.32. The number of benzene rings is 1. The molecule has 1 aliphatic heterocycles. The number of amides is 1. The van der Waals surface area contributed by atoms with Crippen LogP contribution in [0.1, 0.15) is 6.92 Å². The number of rotatable bonds is 5. The lowest BCUT2D eigenvalue weighted by molar-refractivity contribution is -0.121. The van der Waals surface area contributed by atoms with Crippen molar-refractivity contribution in [2.24, 2.45) is 0 Å². The Morgan fingerprint density at radius 1 is 1.19 bits per heavy atom. The molecule has 0 spiro atoms. The first-order valence-electron chi connectivity index (χ1n) is 8.32. The van der Waals surface area contributed by atoms with Gasteiger partial charge in [0.1, 0.15) is 15.8 Å². The maximum absolute atomic E-state index is 13.7. The molecule has 0 aliphatic carbocycles. The highest BCUT2D eigenvalue weighted by atomic mass is 32.2. The van der Waals surface area contributed by atoms with Gasteiger partial charge in [0.05, 0.1) is 11.7 Å². The number of halogens is 2. The normalized spacial score (nSPS) is 17.6. The van der Waals surface area contributed by atoms with Crippen molar-refractivity contribution in [1.29, 1.82) is 0 Å². The van der Waals surface area contributed by atoms with Crippen LogP contribution >= 0.6 is 11.3 Å². The number of thiophene rings is 1. The number of carbonyl (C=O) groups excluding carboxylic acids is 1. The average molecular weight is 415 g/mol. The molecule has 1 saturated heterocycles. The number of hydrogen-bond donors (Lipinski definition) is 1. The molecule has 1 fully saturated rings. The molecule has 146 valence electrons. The topological polar surface area (TPSA) is 69.7 Å². The number of piperazine rings is 1. The maximum Gasteiger partial charge on any atom is 0.252 e. The van der Waals surface area contributed by atoms with Gasteiger partial charge in [-0.05, 0) is 30.5 Å². The van der Waals surface area contributed by atoms with Gasteiger partial charge in [-0.1, -0.05) is 6.07 Å². The molecule has 27 heavy (non-hydrogen) atoms. The van der Waals surface area contributed by atoms with Crippen molar-refractivity contribution >= 4 is 33.0 Å². The van der Waals surface area contributed by atoms with E-state index in [9.17, 15) is 22.0 Å². The van der Waals surface area contributed by atoms with Gasteiger partial charge in [-0.3, -0.25) is 9.69 Å². The standard InChI is InChI=1S/C17H19F2N3O3S2/c1-12(17(23)20-15-11-13(18)4-5-14(15)19)21-6-8-22(9-7-21)27(24,25)16-3-2-10-26-16/h2-5,10-12H,6-9H2,1H3,(H,20,23)/t12-/m0/s1. The Morgan fingerprint density at radius 3 is 2.52 bits per heavy atom. The van der Waals surface area contributed by atoms with Crippen molar-refractivity contribution in [3.05, 3.63) is 47.3 Å². The molecule has 2 aromatic rings. The van der Waals surface area contributed by atoms with E-state index in [4.69, 9.17) is 0 Å². The predicted molar refractivity (Wildman–Crippen MR) is 99.1 cm³/mol. The molecule has 1 amide bonds. The summed E-state index contributed by atoms with van der Waals surface area (Å²) in [6, 6.07) is 5.48. The van der Waals surface area contributed by atoms with Crippen LogP contribution in [0.25, 0.3) is 0 Å². The summed E-state index contributed by atoms with van der Waals surface area (Å²) in [5, 5.41) is 4.10. The molecule has 10 heteroatoms. The second kappa shape index (κ2) is 8.01. The molecule has 0 saturated carbocycles. The summed E-state index contributed by atoms with van der Waals surface area (Å²) in [4.78, 5) is 14.2. The highest BCUT2D eigenvalue weighted by Crippen LogP contribution is 2.23. The first-order valence-corrected chi connectivity index (χ1v) is 10.6. The molecule has 0 bridgehead atoms. The van der Waals surface area contributed by atoms with Gasteiger partial charge in [-0.25, -0.2) is 17.2 Å². The van der Waals surface area contributed by atoms with E-state index >= 15 is 0 Å². The maximum atomic E-state index is 13.7. The Balaban J connectivity index is 1.60. The Bertz CT molecular complexity index is 912. The van der Waals surface area contributed by atoms with Crippen LogP contribution in [0.5, 0.6) is 0 Å². The summed E-state index contributed by atoms with van der Waals surface area (Å²) >= 11 is 1.17. The van der Waals surface area contributed by atoms with Gasteiger partial charge in [0, 0.05) is 32.2 Å². The van der Waals surface area contributed by atoms with Crippen molar-refractivity contribution in [3.63, 3.8) is 0 Å². The lowest BCUT2D eigenvalue weighted by Gasteiger charge is -2.36. The lowest BCUT2D eigenvalue weighted by Crippen LogP contribution is -2.53. The number of nitrogens with one attached hydrogen (secondary N) is 1. The second-order valence-corrected chi connectivity index (χ2v) is 9.27. The monoisotopic (exact) mass is 415 g/mol. The van der Waals surface area contributed by atoms with Gasteiger partial charge < -0.3 is 5.32 Å². The van der Waals surface area contributed by atoms with Gasteiger partial charge in [0.15, 0.2) is 0 Å². The van der Waals surface area contributed by atoms with Crippen LogP contribution in [0.3, 0.4) is 0 Å². The minimum Gasteiger partial charge on any atom is -0.322 e. The summed E-state index contributed by atoms with van der Waals surface area (Å²) in [7, 11) is -3.51. The largest absolute Gasteiger partial charge is 0.322 e. The Hall–Kier alpha value is -1.88. The fraction of sp³-hybridized carbons (Fsp3) is 0.353. The highest BCUT2D eigenvalue weighted by molar-refractivity contribution is 7.91. The van der Waals surface area contributed by atoms with E-state index in [2.05, 4.69) is 5.32 Å². The van der Waals surface area contributed by atoms with E-state index in [1.165, 1.54) is 15.6 Å². The SMILES string of the molecule is C[C@@H](C(=O)Nc1cc(F)ccc1F)N1CCN(S(=O)(=O)c2cccs2)CC1. The predicted octanol–water partition coefficient (Wildman–Crippen LogP) is 2.36. The lowest BCUT2D eigenvalue weighted by atomic mass is 10.2. The first-order chi connectivity index (χ1) is 12.8. The van der Waals surface area contributed by atoms with Crippen LogP contribution in [0.15, 0.2) is 39.9 Å².